The van der Waals surface area contributed by atoms with Crippen molar-refractivity contribution in [3.63, 3.8) is 0 Å². The minimum Gasteiger partial charge on any atom is -0.492 e. The lowest BCUT2D eigenvalue weighted by Crippen LogP contribution is -2.48. The Bertz CT molecular complexity index is 450. The molecule has 0 spiro atoms. The standard InChI is InChI=1S/C17H28FN3O2/c1-19-7-9-21(10-8-19)14-16(22)13-20(2)11-12-23-17-5-3-15(18)4-6-17/h3-6,16,22H,7-14H2,1-2H3. The number of aliphatic hydroxyl groups is 1. The van der Waals surface area contributed by atoms with Crippen LogP contribution in [0.1, 0.15) is 0 Å². The summed E-state index contributed by atoms with van der Waals surface area (Å²) in [7, 11) is 4.10. The summed E-state index contributed by atoms with van der Waals surface area (Å²) < 4.78 is 18.4. The molecule has 1 heterocycles. The minimum absolute atomic E-state index is 0.263. The second kappa shape index (κ2) is 9.17. The molecule has 1 saturated heterocycles. The van der Waals surface area contributed by atoms with E-state index in [1.807, 2.05) is 7.05 Å². The Morgan fingerprint density at radius 1 is 1.22 bits per heavy atom. The minimum atomic E-state index is -0.353. The lowest BCUT2D eigenvalue weighted by molar-refractivity contribution is 0.0582. The summed E-state index contributed by atoms with van der Waals surface area (Å²) in [5.74, 6) is 0.402. The summed E-state index contributed by atoms with van der Waals surface area (Å²) in [6.07, 6.45) is -0.353. The highest BCUT2D eigenvalue weighted by molar-refractivity contribution is 5.21. The number of benzene rings is 1. The van der Waals surface area contributed by atoms with Gasteiger partial charge in [-0.3, -0.25) is 4.90 Å². The predicted molar refractivity (Wildman–Crippen MR) is 89.3 cm³/mol. The molecule has 0 aromatic heterocycles. The first-order valence-electron chi connectivity index (χ1n) is 8.19. The number of halogens is 1. The maximum absolute atomic E-state index is 12.8. The predicted octanol–water partition coefficient (Wildman–Crippen LogP) is 0.745. The smallest absolute Gasteiger partial charge is 0.123 e. The van der Waals surface area contributed by atoms with Gasteiger partial charge in [0.2, 0.25) is 0 Å². The van der Waals surface area contributed by atoms with E-state index in [1.165, 1.54) is 12.1 Å². The number of β-amino-alcohol motifs (C(OH)–C–C–N with tert-alkyl or cyclic N) is 1. The van der Waals surface area contributed by atoms with Gasteiger partial charge in [-0.2, -0.15) is 0 Å². The van der Waals surface area contributed by atoms with E-state index in [-0.39, 0.29) is 11.9 Å². The first-order valence-corrected chi connectivity index (χ1v) is 8.19. The molecule has 1 aliphatic rings. The summed E-state index contributed by atoms with van der Waals surface area (Å²) in [4.78, 5) is 6.68. The molecule has 6 heteroatoms. The van der Waals surface area contributed by atoms with Crippen LogP contribution in [0.4, 0.5) is 4.39 Å². The van der Waals surface area contributed by atoms with Gasteiger partial charge in [0.15, 0.2) is 0 Å². The third-order valence-electron chi connectivity index (χ3n) is 4.14. The number of hydrogen-bond donors (Lipinski definition) is 1. The van der Waals surface area contributed by atoms with Gasteiger partial charge in [-0.1, -0.05) is 0 Å². The molecule has 0 aliphatic carbocycles. The molecule has 0 radical (unpaired) electrons. The largest absolute Gasteiger partial charge is 0.492 e. The van der Waals surface area contributed by atoms with Crippen LogP contribution in [0.25, 0.3) is 0 Å². The molecule has 5 nitrogen and oxygen atoms in total. The average Bonchev–Trinajstić information content (AvgIpc) is 2.51. The normalized spacial score (nSPS) is 18.3. The summed E-state index contributed by atoms with van der Waals surface area (Å²) in [6.45, 7) is 6.74. The molecule has 130 valence electrons. The van der Waals surface area contributed by atoms with Gasteiger partial charge in [-0.15, -0.1) is 0 Å². The molecule has 1 N–H and O–H groups in total. The van der Waals surface area contributed by atoms with Crippen molar-refractivity contribution in [2.24, 2.45) is 0 Å². The van der Waals surface area contributed by atoms with Crippen LogP contribution in [0.3, 0.4) is 0 Å². The van der Waals surface area contributed by atoms with Crippen molar-refractivity contribution < 1.29 is 14.2 Å². The zero-order valence-electron chi connectivity index (χ0n) is 14.1. The lowest BCUT2D eigenvalue weighted by atomic mass is 10.2. The monoisotopic (exact) mass is 325 g/mol. The number of likely N-dealkylation sites (N-methyl/N-ethyl adjacent to an activating group) is 2. The summed E-state index contributed by atoms with van der Waals surface area (Å²) in [6, 6.07) is 6.02. The van der Waals surface area contributed by atoms with Crippen molar-refractivity contribution in [3.8, 4) is 5.75 Å². The number of nitrogens with zero attached hydrogens (tertiary/aromatic N) is 3. The first-order chi connectivity index (χ1) is 11.0. The van der Waals surface area contributed by atoms with Gasteiger partial charge in [-0.05, 0) is 38.4 Å². The zero-order valence-corrected chi connectivity index (χ0v) is 14.1. The van der Waals surface area contributed by atoms with Crippen LogP contribution in [0.5, 0.6) is 5.75 Å². The fourth-order valence-electron chi connectivity index (χ4n) is 2.69. The van der Waals surface area contributed by atoms with Gasteiger partial charge in [0.05, 0.1) is 6.10 Å². The maximum atomic E-state index is 12.8. The lowest BCUT2D eigenvalue weighted by Gasteiger charge is -2.34. The van der Waals surface area contributed by atoms with Crippen molar-refractivity contribution >= 4 is 0 Å². The third kappa shape index (κ3) is 6.83. The van der Waals surface area contributed by atoms with E-state index < -0.39 is 0 Å². The second-order valence-electron chi connectivity index (χ2n) is 6.32. The highest BCUT2D eigenvalue weighted by atomic mass is 19.1. The molecule has 1 aliphatic heterocycles. The van der Waals surface area contributed by atoms with Crippen LogP contribution in [0.2, 0.25) is 0 Å². The molecule has 23 heavy (non-hydrogen) atoms. The number of hydrogen-bond acceptors (Lipinski definition) is 5. The molecule has 0 amide bonds. The van der Waals surface area contributed by atoms with Gasteiger partial charge < -0.3 is 19.6 Å². The van der Waals surface area contributed by atoms with Crippen molar-refractivity contribution in [3.05, 3.63) is 30.1 Å². The Balaban J connectivity index is 1.60. The van der Waals surface area contributed by atoms with Crippen molar-refractivity contribution in [1.82, 2.24) is 14.7 Å². The molecule has 2 rings (SSSR count). The Morgan fingerprint density at radius 3 is 2.52 bits per heavy atom. The van der Waals surface area contributed by atoms with Gasteiger partial charge in [0, 0.05) is 45.8 Å². The molecule has 0 bridgehead atoms. The summed E-state index contributed by atoms with van der Waals surface area (Å²) in [5, 5.41) is 10.2. The van der Waals surface area contributed by atoms with Crippen LogP contribution in [-0.4, -0.2) is 92.4 Å². The van der Waals surface area contributed by atoms with E-state index in [1.54, 1.807) is 12.1 Å². The fraction of sp³-hybridized carbons (Fsp3) is 0.647. The zero-order chi connectivity index (χ0) is 16.7. The van der Waals surface area contributed by atoms with Gasteiger partial charge in [-0.25, -0.2) is 4.39 Å². The highest BCUT2D eigenvalue weighted by Gasteiger charge is 2.17. The summed E-state index contributed by atoms with van der Waals surface area (Å²) in [5.41, 5.74) is 0. The van der Waals surface area contributed by atoms with E-state index in [0.717, 1.165) is 39.3 Å². The average molecular weight is 325 g/mol. The molecule has 1 unspecified atom stereocenters. The van der Waals surface area contributed by atoms with Crippen LogP contribution in [-0.2, 0) is 0 Å². The molecule has 1 atom stereocenters. The van der Waals surface area contributed by atoms with E-state index >= 15 is 0 Å². The SMILES string of the molecule is CN1CCN(CC(O)CN(C)CCOc2ccc(F)cc2)CC1. The molecular formula is C17H28FN3O2. The van der Waals surface area contributed by atoms with E-state index in [9.17, 15) is 9.50 Å². The van der Waals surface area contributed by atoms with Crippen LogP contribution < -0.4 is 4.74 Å². The van der Waals surface area contributed by atoms with Crippen LogP contribution in [0, 0.1) is 5.82 Å². The Kier molecular flexibility index (Phi) is 7.23. The Labute approximate surface area is 138 Å². The Hall–Kier alpha value is -1.21. The molecule has 1 fully saturated rings. The van der Waals surface area contributed by atoms with Gasteiger partial charge >= 0.3 is 0 Å². The van der Waals surface area contributed by atoms with Gasteiger partial charge in [0.1, 0.15) is 18.2 Å². The van der Waals surface area contributed by atoms with E-state index in [2.05, 4.69) is 21.7 Å². The van der Waals surface area contributed by atoms with E-state index in [0.29, 0.717) is 18.9 Å². The van der Waals surface area contributed by atoms with Gasteiger partial charge in [0.25, 0.3) is 0 Å². The van der Waals surface area contributed by atoms with Crippen LogP contribution in [0.15, 0.2) is 24.3 Å². The number of aliphatic hydroxyl groups excluding tert-OH is 1. The molecule has 1 aromatic rings. The van der Waals surface area contributed by atoms with Crippen LogP contribution >= 0.6 is 0 Å². The van der Waals surface area contributed by atoms with Crippen molar-refractivity contribution in [1.29, 1.82) is 0 Å². The Morgan fingerprint density at radius 2 is 1.87 bits per heavy atom. The van der Waals surface area contributed by atoms with E-state index in [4.69, 9.17) is 4.74 Å². The molecular weight excluding hydrogens is 297 g/mol. The maximum Gasteiger partial charge on any atom is 0.123 e. The third-order valence-corrected chi connectivity index (χ3v) is 4.14. The fourth-order valence-corrected chi connectivity index (χ4v) is 2.69. The quantitative estimate of drug-likeness (QED) is 0.763. The topological polar surface area (TPSA) is 39.2 Å². The second-order valence-corrected chi connectivity index (χ2v) is 6.32. The first kappa shape index (κ1) is 18.1. The van der Waals surface area contributed by atoms with Crippen molar-refractivity contribution in [2.75, 3.05) is 66.5 Å². The number of piperazine rings is 1. The molecule has 1 aromatic carbocycles. The highest BCUT2D eigenvalue weighted by Crippen LogP contribution is 2.10. The summed E-state index contributed by atoms with van der Waals surface area (Å²) >= 11 is 0. The number of rotatable bonds is 8. The number of ether oxygens (including phenoxy) is 1. The molecule has 0 saturated carbocycles. The van der Waals surface area contributed by atoms with Crippen molar-refractivity contribution in [2.45, 2.75) is 6.10 Å².